The second kappa shape index (κ2) is 8.45. The highest BCUT2D eigenvalue weighted by Crippen LogP contribution is 2.10. The number of likely N-dealkylation sites (N-methyl/N-ethyl adjacent to an activating group) is 1. The van der Waals surface area contributed by atoms with E-state index in [1.165, 1.54) is 4.90 Å². The first-order valence-electron chi connectivity index (χ1n) is 7.57. The Morgan fingerprint density at radius 3 is 2.24 bits per heavy atom. The Labute approximate surface area is 127 Å². The average molecular weight is 290 g/mol. The molecule has 0 aliphatic rings. The molecular formula is C17H26N2O2. The van der Waals surface area contributed by atoms with Crippen molar-refractivity contribution in [2.75, 3.05) is 13.6 Å². The van der Waals surface area contributed by atoms with Gasteiger partial charge >= 0.3 is 11.8 Å². The van der Waals surface area contributed by atoms with Crippen LogP contribution in [0.4, 0.5) is 0 Å². The zero-order valence-corrected chi connectivity index (χ0v) is 13.5. The summed E-state index contributed by atoms with van der Waals surface area (Å²) in [6.45, 7) is 7.01. The average Bonchev–Trinajstić information content (AvgIpc) is 2.49. The Bertz CT molecular complexity index is 457. The van der Waals surface area contributed by atoms with Crippen molar-refractivity contribution >= 4 is 11.8 Å². The van der Waals surface area contributed by atoms with Gasteiger partial charge in [0.05, 0.1) is 0 Å². The normalized spacial score (nSPS) is 10.5. The van der Waals surface area contributed by atoms with Gasteiger partial charge in [-0.05, 0) is 25.8 Å². The molecule has 116 valence electrons. The number of benzene rings is 1. The fraction of sp³-hybridized carbons (Fsp3) is 0.529. The third-order valence-corrected chi connectivity index (χ3v) is 3.46. The van der Waals surface area contributed by atoms with Gasteiger partial charge in [-0.1, -0.05) is 43.7 Å². The minimum atomic E-state index is -0.424. The lowest BCUT2D eigenvalue weighted by Crippen LogP contribution is -2.46. The molecular weight excluding hydrogens is 264 g/mol. The SMILES string of the molecule is CCCCN(C)C(=O)C(=O)N(Cc1ccccc1)C(C)C. The Morgan fingerprint density at radius 1 is 1.10 bits per heavy atom. The standard InChI is InChI=1S/C17H26N2O2/c1-5-6-12-18(4)16(20)17(21)19(14(2)3)13-15-10-8-7-9-11-15/h7-11,14H,5-6,12-13H2,1-4H3. The van der Waals surface area contributed by atoms with E-state index in [0.717, 1.165) is 18.4 Å². The number of rotatable bonds is 6. The Morgan fingerprint density at radius 2 is 1.71 bits per heavy atom. The molecule has 0 heterocycles. The quantitative estimate of drug-likeness (QED) is 0.756. The van der Waals surface area contributed by atoms with Crippen molar-refractivity contribution in [1.29, 1.82) is 0 Å². The van der Waals surface area contributed by atoms with Gasteiger partial charge < -0.3 is 9.80 Å². The number of hydrogen-bond donors (Lipinski definition) is 0. The van der Waals surface area contributed by atoms with Crippen LogP contribution in [0.3, 0.4) is 0 Å². The van der Waals surface area contributed by atoms with Crippen LogP contribution < -0.4 is 0 Å². The van der Waals surface area contributed by atoms with Crippen LogP contribution in [0.2, 0.25) is 0 Å². The number of carbonyl (C=O) groups excluding carboxylic acids is 2. The van der Waals surface area contributed by atoms with Crippen LogP contribution in [0.1, 0.15) is 39.2 Å². The summed E-state index contributed by atoms with van der Waals surface area (Å²) >= 11 is 0. The third kappa shape index (κ3) is 5.21. The second-order valence-corrected chi connectivity index (χ2v) is 5.59. The van der Waals surface area contributed by atoms with Crippen molar-refractivity contribution in [2.24, 2.45) is 0 Å². The minimum Gasteiger partial charge on any atom is -0.338 e. The summed E-state index contributed by atoms with van der Waals surface area (Å²) in [4.78, 5) is 27.8. The lowest BCUT2D eigenvalue weighted by Gasteiger charge is -2.28. The Balaban J connectivity index is 2.76. The topological polar surface area (TPSA) is 40.6 Å². The summed E-state index contributed by atoms with van der Waals surface area (Å²) in [6.07, 6.45) is 1.92. The first kappa shape index (κ1) is 17.2. The van der Waals surface area contributed by atoms with Gasteiger partial charge in [0.15, 0.2) is 0 Å². The molecule has 0 radical (unpaired) electrons. The first-order chi connectivity index (χ1) is 9.97. The predicted octanol–water partition coefficient (Wildman–Crippen LogP) is 2.68. The van der Waals surface area contributed by atoms with Crippen LogP contribution in [0.25, 0.3) is 0 Å². The smallest absolute Gasteiger partial charge is 0.312 e. The molecule has 4 nitrogen and oxygen atoms in total. The van der Waals surface area contributed by atoms with Gasteiger partial charge in [-0.25, -0.2) is 0 Å². The van der Waals surface area contributed by atoms with Crippen LogP contribution >= 0.6 is 0 Å². The fourth-order valence-corrected chi connectivity index (χ4v) is 2.05. The number of hydrogen-bond acceptors (Lipinski definition) is 2. The van der Waals surface area contributed by atoms with Crippen LogP contribution in [0.15, 0.2) is 30.3 Å². The summed E-state index contributed by atoms with van der Waals surface area (Å²) in [5, 5.41) is 0. The van der Waals surface area contributed by atoms with Gasteiger partial charge in [-0.3, -0.25) is 9.59 Å². The van der Waals surface area contributed by atoms with Crippen molar-refractivity contribution in [3.8, 4) is 0 Å². The lowest BCUT2D eigenvalue weighted by atomic mass is 10.2. The largest absolute Gasteiger partial charge is 0.338 e. The molecule has 2 amide bonds. The van der Waals surface area contributed by atoms with E-state index in [1.54, 1.807) is 11.9 Å². The van der Waals surface area contributed by atoms with Crippen molar-refractivity contribution in [1.82, 2.24) is 9.80 Å². The van der Waals surface area contributed by atoms with Gasteiger partial charge in [0.1, 0.15) is 0 Å². The van der Waals surface area contributed by atoms with E-state index in [0.29, 0.717) is 13.1 Å². The zero-order valence-electron chi connectivity index (χ0n) is 13.5. The lowest BCUT2D eigenvalue weighted by molar-refractivity contribution is -0.152. The summed E-state index contributed by atoms with van der Waals surface area (Å²) in [5.41, 5.74) is 1.03. The summed E-state index contributed by atoms with van der Waals surface area (Å²) < 4.78 is 0. The summed E-state index contributed by atoms with van der Waals surface area (Å²) in [5.74, 6) is -0.847. The molecule has 0 aliphatic carbocycles. The van der Waals surface area contributed by atoms with E-state index in [1.807, 2.05) is 44.2 Å². The Hall–Kier alpha value is -1.84. The van der Waals surface area contributed by atoms with E-state index in [2.05, 4.69) is 6.92 Å². The van der Waals surface area contributed by atoms with E-state index in [4.69, 9.17) is 0 Å². The highest BCUT2D eigenvalue weighted by atomic mass is 16.2. The first-order valence-corrected chi connectivity index (χ1v) is 7.57. The maximum Gasteiger partial charge on any atom is 0.312 e. The summed E-state index contributed by atoms with van der Waals surface area (Å²) in [7, 11) is 1.69. The second-order valence-electron chi connectivity index (χ2n) is 5.59. The number of amides is 2. The summed E-state index contributed by atoms with van der Waals surface area (Å²) in [6, 6.07) is 9.73. The van der Waals surface area contributed by atoms with Crippen molar-refractivity contribution < 1.29 is 9.59 Å². The molecule has 1 aromatic carbocycles. The highest BCUT2D eigenvalue weighted by molar-refractivity contribution is 6.34. The molecule has 1 rings (SSSR count). The van der Waals surface area contributed by atoms with Crippen molar-refractivity contribution in [3.63, 3.8) is 0 Å². The molecule has 0 saturated heterocycles. The van der Waals surface area contributed by atoms with E-state index >= 15 is 0 Å². The van der Waals surface area contributed by atoms with E-state index < -0.39 is 11.8 Å². The number of nitrogens with zero attached hydrogens (tertiary/aromatic N) is 2. The molecule has 0 aliphatic heterocycles. The van der Waals surface area contributed by atoms with Gasteiger partial charge in [-0.2, -0.15) is 0 Å². The predicted molar refractivity (Wildman–Crippen MR) is 84.7 cm³/mol. The number of carbonyl (C=O) groups is 2. The maximum absolute atomic E-state index is 12.4. The molecule has 0 bridgehead atoms. The van der Waals surface area contributed by atoms with Gasteiger partial charge in [0.2, 0.25) is 0 Å². The van der Waals surface area contributed by atoms with Gasteiger partial charge in [0.25, 0.3) is 0 Å². The van der Waals surface area contributed by atoms with Crippen molar-refractivity contribution in [3.05, 3.63) is 35.9 Å². The van der Waals surface area contributed by atoms with Crippen LogP contribution in [0.5, 0.6) is 0 Å². The molecule has 0 unspecified atom stereocenters. The molecule has 0 spiro atoms. The molecule has 0 N–H and O–H groups in total. The van der Waals surface area contributed by atoms with Crippen LogP contribution in [0, 0.1) is 0 Å². The minimum absolute atomic E-state index is 0.0127. The zero-order chi connectivity index (χ0) is 15.8. The maximum atomic E-state index is 12.4. The van der Waals surface area contributed by atoms with Crippen molar-refractivity contribution in [2.45, 2.75) is 46.2 Å². The molecule has 0 saturated carbocycles. The molecule has 1 aromatic rings. The molecule has 4 heteroatoms. The molecule has 0 aromatic heterocycles. The van der Waals surface area contributed by atoms with Crippen LogP contribution in [-0.4, -0.2) is 41.2 Å². The fourth-order valence-electron chi connectivity index (χ4n) is 2.05. The van der Waals surface area contributed by atoms with Gasteiger partial charge in [0, 0.05) is 26.2 Å². The van der Waals surface area contributed by atoms with E-state index in [9.17, 15) is 9.59 Å². The highest BCUT2D eigenvalue weighted by Gasteiger charge is 2.26. The molecule has 21 heavy (non-hydrogen) atoms. The number of unbranched alkanes of at least 4 members (excludes halogenated alkanes) is 1. The van der Waals surface area contributed by atoms with Crippen LogP contribution in [-0.2, 0) is 16.1 Å². The van der Waals surface area contributed by atoms with E-state index in [-0.39, 0.29) is 6.04 Å². The molecule has 0 atom stereocenters. The monoisotopic (exact) mass is 290 g/mol. The van der Waals surface area contributed by atoms with Gasteiger partial charge in [-0.15, -0.1) is 0 Å². The molecule has 0 fully saturated rings. The third-order valence-electron chi connectivity index (χ3n) is 3.46. The Kier molecular flexibility index (Phi) is 6.92.